The van der Waals surface area contributed by atoms with E-state index in [2.05, 4.69) is 5.32 Å². The minimum absolute atomic E-state index is 0.237. The Labute approximate surface area is 99.6 Å². The van der Waals surface area contributed by atoms with Gasteiger partial charge >= 0.3 is 0 Å². The van der Waals surface area contributed by atoms with E-state index >= 15 is 0 Å². The van der Waals surface area contributed by atoms with Crippen molar-refractivity contribution in [3.63, 3.8) is 0 Å². The molecule has 90 valence electrons. The summed E-state index contributed by atoms with van der Waals surface area (Å²) in [5.41, 5.74) is 7.18. The number of nitrogens with one attached hydrogen (secondary N) is 1. The molecule has 1 aliphatic heterocycles. The highest BCUT2D eigenvalue weighted by atomic mass is 16.2. The average Bonchev–Trinajstić information content (AvgIpc) is 2.55. The van der Waals surface area contributed by atoms with Gasteiger partial charge in [-0.1, -0.05) is 0 Å². The molecule has 0 aliphatic carbocycles. The molecular formula is C12H15N3O2. The molecule has 0 radical (unpaired) electrons. The molecule has 2 rings (SSSR count). The molecule has 3 N–H and O–H groups in total. The molecule has 1 aromatic carbocycles. The maximum absolute atomic E-state index is 11.7. The number of benzene rings is 1. The second-order valence-corrected chi connectivity index (χ2v) is 4.00. The SMILES string of the molecule is CN1C(=O)c2ccc(NCCCN)cc2C1=O. The van der Waals surface area contributed by atoms with Gasteiger partial charge in [-0.25, -0.2) is 0 Å². The van der Waals surface area contributed by atoms with Gasteiger partial charge < -0.3 is 11.1 Å². The van der Waals surface area contributed by atoms with Crippen LogP contribution in [0.3, 0.4) is 0 Å². The number of carbonyl (C=O) groups excluding carboxylic acids is 2. The fourth-order valence-corrected chi connectivity index (χ4v) is 1.81. The van der Waals surface area contributed by atoms with Gasteiger partial charge in [0.05, 0.1) is 11.1 Å². The maximum Gasteiger partial charge on any atom is 0.261 e. The Morgan fingerprint density at radius 3 is 2.65 bits per heavy atom. The van der Waals surface area contributed by atoms with Crippen LogP contribution in [0.5, 0.6) is 0 Å². The van der Waals surface area contributed by atoms with E-state index < -0.39 is 0 Å². The van der Waals surface area contributed by atoms with Crippen molar-refractivity contribution in [2.24, 2.45) is 5.73 Å². The van der Waals surface area contributed by atoms with Crippen molar-refractivity contribution in [1.29, 1.82) is 0 Å². The number of hydrogen-bond donors (Lipinski definition) is 2. The summed E-state index contributed by atoms with van der Waals surface area (Å²) in [7, 11) is 1.49. The molecule has 0 spiro atoms. The minimum Gasteiger partial charge on any atom is -0.385 e. The van der Waals surface area contributed by atoms with Crippen molar-refractivity contribution in [3.8, 4) is 0 Å². The van der Waals surface area contributed by atoms with Crippen molar-refractivity contribution in [1.82, 2.24) is 4.90 Å². The Hall–Kier alpha value is -1.88. The first-order chi connectivity index (χ1) is 8.15. The third-order valence-electron chi connectivity index (χ3n) is 2.80. The van der Waals surface area contributed by atoms with Gasteiger partial charge in [-0.15, -0.1) is 0 Å². The molecule has 0 unspecified atom stereocenters. The Morgan fingerprint density at radius 1 is 1.24 bits per heavy atom. The summed E-state index contributed by atoms with van der Waals surface area (Å²) in [6.07, 6.45) is 0.865. The monoisotopic (exact) mass is 233 g/mol. The van der Waals surface area contributed by atoms with Crippen molar-refractivity contribution >= 4 is 17.5 Å². The Bertz CT molecular complexity index is 471. The van der Waals surface area contributed by atoms with Crippen molar-refractivity contribution in [2.45, 2.75) is 6.42 Å². The number of hydrogen-bond acceptors (Lipinski definition) is 4. The molecule has 0 fully saturated rings. The fourth-order valence-electron chi connectivity index (χ4n) is 1.81. The van der Waals surface area contributed by atoms with Crippen LogP contribution in [0.4, 0.5) is 5.69 Å². The smallest absolute Gasteiger partial charge is 0.261 e. The third-order valence-corrected chi connectivity index (χ3v) is 2.80. The van der Waals surface area contributed by atoms with Gasteiger partial charge in [-0.3, -0.25) is 14.5 Å². The van der Waals surface area contributed by atoms with E-state index in [-0.39, 0.29) is 11.8 Å². The van der Waals surface area contributed by atoms with Gasteiger partial charge in [0.1, 0.15) is 0 Å². The van der Waals surface area contributed by atoms with Crippen LogP contribution >= 0.6 is 0 Å². The molecule has 5 nitrogen and oxygen atoms in total. The zero-order chi connectivity index (χ0) is 12.4. The largest absolute Gasteiger partial charge is 0.385 e. The number of nitrogens with two attached hydrogens (primary N) is 1. The summed E-state index contributed by atoms with van der Waals surface area (Å²) < 4.78 is 0. The normalized spacial score (nSPS) is 14.1. The van der Waals surface area contributed by atoms with Crippen LogP contribution in [0.25, 0.3) is 0 Å². The zero-order valence-electron chi connectivity index (χ0n) is 9.69. The summed E-state index contributed by atoms with van der Waals surface area (Å²) in [6.45, 7) is 1.38. The molecule has 1 aromatic rings. The van der Waals surface area contributed by atoms with E-state index in [1.54, 1.807) is 18.2 Å². The van der Waals surface area contributed by atoms with E-state index in [0.29, 0.717) is 17.7 Å². The topological polar surface area (TPSA) is 75.4 Å². The molecule has 0 bridgehead atoms. The van der Waals surface area contributed by atoms with Crippen molar-refractivity contribution in [3.05, 3.63) is 29.3 Å². The van der Waals surface area contributed by atoms with Crippen LogP contribution in [0.1, 0.15) is 27.1 Å². The number of carbonyl (C=O) groups is 2. The molecule has 2 amide bonds. The number of fused-ring (bicyclic) bond motifs is 1. The lowest BCUT2D eigenvalue weighted by molar-refractivity contribution is 0.0693. The molecular weight excluding hydrogens is 218 g/mol. The molecule has 17 heavy (non-hydrogen) atoms. The van der Waals surface area contributed by atoms with Crippen LogP contribution < -0.4 is 11.1 Å². The number of anilines is 1. The summed E-state index contributed by atoms with van der Waals surface area (Å²) >= 11 is 0. The van der Waals surface area contributed by atoms with Crippen molar-refractivity contribution in [2.75, 3.05) is 25.5 Å². The highest BCUT2D eigenvalue weighted by Gasteiger charge is 2.32. The summed E-state index contributed by atoms with van der Waals surface area (Å²) in [5, 5.41) is 3.16. The zero-order valence-corrected chi connectivity index (χ0v) is 9.69. The van der Waals surface area contributed by atoms with Gasteiger partial charge in [0, 0.05) is 19.3 Å². The molecule has 5 heteroatoms. The van der Waals surface area contributed by atoms with Crippen LogP contribution in [0.15, 0.2) is 18.2 Å². The summed E-state index contributed by atoms with van der Waals surface area (Å²) in [6, 6.07) is 5.21. The van der Waals surface area contributed by atoms with Crippen LogP contribution in [-0.2, 0) is 0 Å². The fraction of sp³-hybridized carbons (Fsp3) is 0.333. The van der Waals surface area contributed by atoms with E-state index in [9.17, 15) is 9.59 Å². The first-order valence-electron chi connectivity index (χ1n) is 5.55. The van der Waals surface area contributed by atoms with Gasteiger partial charge in [0.25, 0.3) is 11.8 Å². The van der Waals surface area contributed by atoms with E-state index in [1.807, 2.05) is 0 Å². The quantitative estimate of drug-likeness (QED) is 0.592. The van der Waals surface area contributed by atoms with Gasteiger partial charge in [0.15, 0.2) is 0 Å². The molecule has 1 aliphatic rings. The van der Waals surface area contributed by atoms with Crippen LogP contribution in [0.2, 0.25) is 0 Å². The number of imide groups is 1. The molecule has 0 saturated heterocycles. The van der Waals surface area contributed by atoms with Crippen molar-refractivity contribution < 1.29 is 9.59 Å². The summed E-state index contributed by atoms with van der Waals surface area (Å²) in [4.78, 5) is 24.5. The molecule has 0 saturated carbocycles. The number of rotatable bonds is 4. The average molecular weight is 233 g/mol. The first kappa shape index (κ1) is 11.6. The predicted molar refractivity (Wildman–Crippen MR) is 65.0 cm³/mol. The van der Waals surface area contributed by atoms with Crippen LogP contribution in [-0.4, -0.2) is 36.9 Å². The maximum atomic E-state index is 11.7. The number of nitrogens with zero attached hydrogens (tertiary/aromatic N) is 1. The van der Waals surface area contributed by atoms with Crippen LogP contribution in [0, 0.1) is 0 Å². The molecule has 0 atom stereocenters. The molecule has 1 heterocycles. The van der Waals surface area contributed by atoms with E-state index in [0.717, 1.165) is 23.6 Å². The lowest BCUT2D eigenvalue weighted by Crippen LogP contribution is -2.24. The first-order valence-corrected chi connectivity index (χ1v) is 5.55. The predicted octanol–water partition coefficient (Wildman–Crippen LogP) is 0.673. The Balaban J connectivity index is 2.21. The lowest BCUT2D eigenvalue weighted by Gasteiger charge is -2.06. The number of amides is 2. The standard InChI is InChI=1S/C12H15N3O2/c1-15-11(16)9-4-3-8(14-6-2-5-13)7-10(9)12(15)17/h3-4,7,14H,2,5-6,13H2,1H3. The Morgan fingerprint density at radius 2 is 1.94 bits per heavy atom. The highest BCUT2D eigenvalue weighted by Crippen LogP contribution is 2.24. The Kier molecular flexibility index (Phi) is 3.10. The van der Waals surface area contributed by atoms with Gasteiger partial charge in [0.2, 0.25) is 0 Å². The second kappa shape index (κ2) is 4.55. The van der Waals surface area contributed by atoms with Gasteiger partial charge in [-0.2, -0.15) is 0 Å². The summed E-state index contributed by atoms with van der Waals surface area (Å²) in [5.74, 6) is -0.481. The minimum atomic E-state index is -0.243. The lowest BCUT2D eigenvalue weighted by atomic mass is 10.1. The third kappa shape index (κ3) is 2.01. The van der Waals surface area contributed by atoms with Gasteiger partial charge in [-0.05, 0) is 31.2 Å². The van der Waals surface area contributed by atoms with E-state index in [1.165, 1.54) is 7.05 Å². The van der Waals surface area contributed by atoms with E-state index in [4.69, 9.17) is 5.73 Å². The highest BCUT2D eigenvalue weighted by molar-refractivity contribution is 6.21. The second-order valence-electron chi connectivity index (χ2n) is 4.00. The molecule has 0 aromatic heterocycles.